The zero-order valence-corrected chi connectivity index (χ0v) is 11.5. The lowest BCUT2D eigenvalue weighted by molar-refractivity contribution is 0.169. The van der Waals surface area contributed by atoms with Gasteiger partial charge in [0.05, 0.1) is 11.4 Å². The summed E-state index contributed by atoms with van der Waals surface area (Å²) in [4.78, 5) is 0. The van der Waals surface area contributed by atoms with Gasteiger partial charge in [0.1, 0.15) is 0 Å². The highest BCUT2D eigenvalue weighted by Gasteiger charge is 2.30. The van der Waals surface area contributed by atoms with Crippen molar-refractivity contribution in [2.24, 2.45) is 0 Å². The Labute approximate surface area is 107 Å². The Bertz CT molecular complexity index is 470. The van der Waals surface area contributed by atoms with Gasteiger partial charge in [0.25, 0.3) is 0 Å². The first kappa shape index (κ1) is 14.5. The summed E-state index contributed by atoms with van der Waals surface area (Å²) >= 11 is 5.82. The molecule has 0 bridgehead atoms. The lowest BCUT2D eigenvalue weighted by atomic mass is 10.1. The second kappa shape index (κ2) is 5.85. The molecule has 2 atom stereocenters. The van der Waals surface area contributed by atoms with Gasteiger partial charge in [-0.25, -0.2) is 8.42 Å². The van der Waals surface area contributed by atoms with Gasteiger partial charge in [0.15, 0.2) is 9.84 Å². The summed E-state index contributed by atoms with van der Waals surface area (Å²) in [6.45, 7) is 3.34. The highest BCUT2D eigenvalue weighted by atomic mass is 35.5. The molecule has 1 aromatic rings. The molecule has 0 heterocycles. The number of halogens is 1. The van der Waals surface area contributed by atoms with Crippen LogP contribution in [0, 0.1) is 0 Å². The van der Waals surface area contributed by atoms with E-state index < -0.39 is 21.2 Å². The lowest BCUT2D eigenvalue weighted by Gasteiger charge is -2.21. The smallest absolute Gasteiger partial charge is 0.155 e. The van der Waals surface area contributed by atoms with E-state index in [1.165, 1.54) is 0 Å². The van der Waals surface area contributed by atoms with Crippen LogP contribution in [0.2, 0.25) is 5.02 Å². The highest BCUT2D eigenvalue weighted by Crippen LogP contribution is 2.26. The predicted molar refractivity (Wildman–Crippen MR) is 70.0 cm³/mol. The fraction of sp³-hybridized carbons (Fsp3) is 0.500. The Morgan fingerprint density at radius 3 is 2.47 bits per heavy atom. The van der Waals surface area contributed by atoms with Crippen LogP contribution in [0.15, 0.2) is 24.3 Å². The van der Waals surface area contributed by atoms with Crippen molar-refractivity contribution in [2.75, 3.05) is 5.75 Å². The predicted octanol–water partition coefficient (Wildman–Crippen LogP) is 2.59. The summed E-state index contributed by atoms with van der Waals surface area (Å²) in [5.41, 5.74) is 0.543. The van der Waals surface area contributed by atoms with Crippen molar-refractivity contribution in [1.29, 1.82) is 0 Å². The molecule has 0 unspecified atom stereocenters. The van der Waals surface area contributed by atoms with Gasteiger partial charge in [-0.2, -0.15) is 0 Å². The third-order valence-corrected chi connectivity index (χ3v) is 5.36. The average Bonchev–Trinajstić information content (AvgIpc) is 2.29. The van der Waals surface area contributed by atoms with E-state index in [0.29, 0.717) is 17.0 Å². The van der Waals surface area contributed by atoms with E-state index in [2.05, 4.69) is 0 Å². The van der Waals surface area contributed by atoms with Gasteiger partial charge in [0.2, 0.25) is 0 Å². The van der Waals surface area contributed by atoms with Crippen LogP contribution in [0.5, 0.6) is 0 Å². The monoisotopic (exact) mass is 276 g/mol. The third kappa shape index (κ3) is 3.44. The van der Waals surface area contributed by atoms with Crippen LogP contribution in [-0.2, 0) is 9.84 Å². The van der Waals surface area contributed by atoms with Gasteiger partial charge in [-0.1, -0.05) is 37.6 Å². The fourth-order valence-corrected chi connectivity index (χ4v) is 3.48. The first-order chi connectivity index (χ1) is 7.92. The Morgan fingerprint density at radius 2 is 2.00 bits per heavy atom. The summed E-state index contributed by atoms with van der Waals surface area (Å²) in [5.74, 6) is 0.0309. The second-order valence-corrected chi connectivity index (χ2v) is 6.84. The number of hydrogen-bond acceptors (Lipinski definition) is 3. The van der Waals surface area contributed by atoms with Crippen LogP contribution in [-0.4, -0.2) is 24.5 Å². The maximum atomic E-state index is 11.8. The maximum Gasteiger partial charge on any atom is 0.155 e. The van der Waals surface area contributed by atoms with Gasteiger partial charge in [-0.15, -0.1) is 0 Å². The topological polar surface area (TPSA) is 54.4 Å². The van der Waals surface area contributed by atoms with Gasteiger partial charge in [-0.3, -0.25) is 0 Å². The van der Waals surface area contributed by atoms with E-state index in [4.69, 9.17) is 11.6 Å². The molecule has 0 spiro atoms. The van der Waals surface area contributed by atoms with Crippen molar-refractivity contribution in [3.05, 3.63) is 34.9 Å². The molecule has 0 saturated carbocycles. The van der Waals surface area contributed by atoms with Crippen molar-refractivity contribution in [2.45, 2.75) is 31.6 Å². The molecule has 3 nitrogen and oxygen atoms in total. The summed E-state index contributed by atoms with van der Waals surface area (Å²) in [7, 11) is -3.26. The van der Waals surface area contributed by atoms with Crippen LogP contribution in [0.4, 0.5) is 0 Å². The molecular formula is C12H17ClO3S. The molecule has 5 heteroatoms. The van der Waals surface area contributed by atoms with Crippen molar-refractivity contribution in [3.63, 3.8) is 0 Å². The van der Waals surface area contributed by atoms with Crippen molar-refractivity contribution in [3.8, 4) is 0 Å². The van der Waals surface area contributed by atoms with E-state index in [-0.39, 0.29) is 5.75 Å². The molecule has 0 amide bonds. The number of aliphatic hydroxyl groups is 1. The number of sulfone groups is 1. The van der Waals surface area contributed by atoms with Gasteiger partial charge >= 0.3 is 0 Å². The SMILES string of the molecule is CC[C@@H]([C@H](O)c1cccc(Cl)c1)S(=O)(=O)CC. The maximum absolute atomic E-state index is 11.8. The van der Waals surface area contributed by atoms with Crippen molar-refractivity contribution < 1.29 is 13.5 Å². The van der Waals surface area contributed by atoms with E-state index >= 15 is 0 Å². The minimum Gasteiger partial charge on any atom is -0.387 e. The number of rotatable bonds is 5. The lowest BCUT2D eigenvalue weighted by Crippen LogP contribution is -2.29. The molecule has 0 aliphatic carbocycles. The zero-order chi connectivity index (χ0) is 13.1. The minimum atomic E-state index is -3.26. The second-order valence-electron chi connectivity index (χ2n) is 3.90. The van der Waals surface area contributed by atoms with Crippen LogP contribution in [0.25, 0.3) is 0 Å². The first-order valence-corrected chi connectivity index (χ1v) is 7.66. The normalized spacial score (nSPS) is 15.5. The standard InChI is InChI=1S/C12H17ClO3S/c1-3-11(17(15,16)4-2)12(14)9-6-5-7-10(13)8-9/h5-8,11-12,14H,3-4H2,1-2H3/t11-,12+/m0/s1. The average molecular weight is 277 g/mol. The summed E-state index contributed by atoms with van der Waals surface area (Å²) < 4.78 is 23.7. The molecular weight excluding hydrogens is 260 g/mol. The molecule has 96 valence electrons. The minimum absolute atomic E-state index is 0.0309. The van der Waals surface area contributed by atoms with Gasteiger partial charge in [-0.05, 0) is 24.1 Å². The molecule has 1 rings (SSSR count). The van der Waals surface area contributed by atoms with Crippen molar-refractivity contribution in [1.82, 2.24) is 0 Å². The quantitative estimate of drug-likeness (QED) is 0.899. The van der Waals surface area contributed by atoms with Crippen LogP contribution >= 0.6 is 11.6 Å². The molecule has 0 fully saturated rings. The Kier molecular flexibility index (Phi) is 4.98. The van der Waals surface area contributed by atoms with Gasteiger partial charge in [0, 0.05) is 10.8 Å². The third-order valence-electron chi connectivity index (χ3n) is 2.81. The molecule has 0 saturated heterocycles. The van der Waals surface area contributed by atoms with Crippen LogP contribution in [0.3, 0.4) is 0 Å². The molecule has 0 aromatic heterocycles. The van der Waals surface area contributed by atoms with Crippen molar-refractivity contribution >= 4 is 21.4 Å². The van der Waals surface area contributed by atoms with Gasteiger partial charge < -0.3 is 5.11 Å². The Balaban J connectivity index is 3.06. The summed E-state index contributed by atoms with van der Waals surface area (Å²) in [6.07, 6.45) is -0.646. The van der Waals surface area contributed by atoms with E-state index in [1.54, 1.807) is 38.1 Å². The Morgan fingerprint density at radius 1 is 1.35 bits per heavy atom. The largest absolute Gasteiger partial charge is 0.387 e. The highest BCUT2D eigenvalue weighted by molar-refractivity contribution is 7.92. The molecule has 0 aliphatic heterocycles. The Hall–Kier alpha value is -0.580. The van der Waals surface area contributed by atoms with Crippen LogP contribution in [0.1, 0.15) is 31.9 Å². The summed E-state index contributed by atoms with van der Waals surface area (Å²) in [5, 5.41) is 9.85. The molecule has 17 heavy (non-hydrogen) atoms. The molecule has 1 N–H and O–H groups in total. The molecule has 0 radical (unpaired) electrons. The van der Waals surface area contributed by atoms with E-state index in [0.717, 1.165) is 0 Å². The van der Waals surface area contributed by atoms with Crippen LogP contribution < -0.4 is 0 Å². The first-order valence-electron chi connectivity index (χ1n) is 5.57. The molecule has 1 aromatic carbocycles. The number of aliphatic hydroxyl groups excluding tert-OH is 1. The van der Waals surface area contributed by atoms with E-state index in [1.807, 2.05) is 0 Å². The zero-order valence-electron chi connectivity index (χ0n) is 9.93. The molecule has 0 aliphatic rings. The number of benzene rings is 1. The summed E-state index contributed by atoms with van der Waals surface area (Å²) in [6, 6.07) is 6.67. The number of hydrogen-bond donors (Lipinski definition) is 1. The van der Waals surface area contributed by atoms with E-state index in [9.17, 15) is 13.5 Å². The fourth-order valence-electron chi connectivity index (χ4n) is 1.79.